The SMILES string of the molecule is Cc1cc(N2CCCCS2(=O)=O)cc(C)c1S(=O)(=O)Nc1ccc(F)c(Cl)c1. The summed E-state index contributed by atoms with van der Waals surface area (Å²) in [5, 5.41) is -0.195. The van der Waals surface area contributed by atoms with Gasteiger partial charge < -0.3 is 0 Å². The minimum atomic E-state index is -3.98. The molecule has 1 aliphatic rings. The lowest BCUT2D eigenvalue weighted by Crippen LogP contribution is -2.38. The molecule has 1 aliphatic heterocycles. The van der Waals surface area contributed by atoms with Gasteiger partial charge in [-0.3, -0.25) is 9.03 Å². The van der Waals surface area contributed by atoms with Crippen molar-refractivity contribution in [2.24, 2.45) is 0 Å². The molecule has 3 rings (SSSR count). The van der Waals surface area contributed by atoms with Gasteiger partial charge in [-0.15, -0.1) is 0 Å². The van der Waals surface area contributed by atoms with Crippen LogP contribution in [0.25, 0.3) is 0 Å². The third kappa shape index (κ3) is 4.11. The Morgan fingerprint density at radius 1 is 1.11 bits per heavy atom. The van der Waals surface area contributed by atoms with E-state index in [4.69, 9.17) is 11.6 Å². The van der Waals surface area contributed by atoms with E-state index in [1.54, 1.807) is 26.0 Å². The van der Waals surface area contributed by atoms with E-state index in [1.165, 1.54) is 16.4 Å². The van der Waals surface area contributed by atoms with Crippen molar-refractivity contribution in [3.8, 4) is 0 Å². The van der Waals surface area contributed by atoms with E-state index in [2.05, 4.69) is 4.72 Å². The predicted molar refractivity (Wildman–Crippen MR) is 109 cm³/mol. The Bertz CT molecular complexity index is 1110. The topological polar surface area (TPSA) is 83.6 Å². The standard InChI is InChI=1S/C18H20ClFN2O4S2/c1-12-9-15(22-7-3-4-8-27(22,23)24)10-13(2)18(12)28(25,26)21-14-5-6-17(20)16(19)11-14/h5-6,9-11,21H,3-4,7-8H2,1-2H3. The highest BCUT2D eigenvalue weighted by Gasteiger charge is 2.28. The van der Waals surface area contributed by atoms with Gasteiger partial charge in [-0.25, -0.2) is 21.2 Å². The van der Waals surface area contributed by atoms with E-state index in [0.29, 0.717) is 29.8 Å². The number of halogens is 2. The van der Waals surface area contributed by atoms with E-state index in [1.807, 2.05) is 0 Å². The van der Waals surface area contributed by atoms with Crippen LogP contribution in [0.4, 0.5) is 15.8 Å². The van der Waals surface area contributed by atoms with Crippen LogP contribution in [0.1, 0.15) is 24.0 Å². The molecule has 10 heteroatoms. The van der Waals surface area contributed by atoms with Crippen molar-refractivity contribution in [2.45, 2.75) is 31.6 Å². The number of hydrogen-bond acceptors (Lipinski definition) is 4. The van der Waals surface area contributed by atoms with E-state index >= 15 is 0 Å². The molecule has 1 N–H and O–H groups in total. The summed E-state index contributed by atoms with van der Waals surface area (Å²) in [6.45, 7) is 3.60. The quantitative estimate of drug-likeness (QED) is 0.773. The molecule has 0 saturated carbocycles. The maximum absolute atomic E-state index is 13.3. The molecule has 0 unspecified atom stereocenters. The van der Waals surface area contributed by atoms with Crippen molar-refractivity contribution >= 4 is 43.0 Å². The van der Waals surface area contributed by atoms with Gasteiger partial charge in [0.15, 0.2) is 0 Å². The van der Waals surface area contributed by atoms with Crippen molar-refractivity contribution in [2.75, 3.05) is 21.3 Å². The molecule has 0 spiro atoms. The van der Waals surface area contributed by atoms with E-state index in [-0.39, 0.29) is 21.4 Å². The molecule has 1 saturated heterocycles. The lowest BCUT2D eigenvalue weighted by atomic mass is 10.1. The van der Waals surface area contributed by atoms with Gasteiger partial charge in [-0.1, -0.05) is 11.6 Å². The fourth-order valence-corrected chi connectivity index (χ4v) is 6.65. The molecule has 1 heterocycles. The second kappa shape index (κ2) is 7.53. The summed E-state index contributed by atoms with van der Waals surface area (Å²) >= 11 is 5.71. The molecule has 6 nitrogen and oxygen atoms in total. The normalized spacial score (nSPS) is 16.8. The van der Waals surface area contributed by atoms with Crippen LogP contribution in [0.3, 0.4) is 0 Å². The molecule has 2 aromatic rings. The highest BCUT2D eigenvalue weighted by Crippen LogP contribution is 2.31. The van der Waals surface area contributed by atoms with Crippen LogP contribution in [0.5, 0.6) is 0 Å². The number of anilines is 2. The van der Waals surface area contributed by atoms with Crippen LogP contribution in [0, 0.1) is 19.7 Å². The van der Waals surface area contributed by atoms with Crippen LogP contribution in [-0.4, -0.2) is 29.1 Å². The number of nitrogens with one attached hydrogen (secondary N) is 1. The minimum absolute atomic E-state index is 0.0473. The number of aryl methyl sites for hydroxylation is 2. The van der Waals surface area contributed by atoms with Crippen molar-refractivity contribution in [1.82, 2.24) is 0 Å². The molecule has 0 radical (unpaired) electrons. The molecule has 0 bridgehead atoms. The molecule has 0 atom stereocenters. The maximum atomic E-state index is 13.3. The highest BCUT2D eigenvalue weighted by atomic mass is 35.5. The van der Waals surface area contributed by atoms with Gasteiger partial charge in [0.1, 0.15) is 5.82 Å². The molecular formula is C18H20ClFN2O4S2. The Kier molecular flexibility index (Phi) is 5.62. The van der Waals surface area contributed by atoms with Crippen molar-refractivity contribution in [1.29, 1.82) is 0 Å². The van der Waals surface area contributed by atoms with Gasteiger partial charge in [0, 0.05) is 6.54 Å². The second-order valence-corrected chi connectivity index (χ2v) is 10.8. The van der Waals surface area contributed by atoms with Crippen LogP contribution >= 0.6 is 11.6 Å². The fraction of sp³-hybridized carbons (Fsp3) is 0.333. The summed E-state index contributed by atoms with van der Waals surface area (Å²) in [7, 11) is -7.38. The van der Waals surface area contributed by atoms with Crippen molar-refractivity contribution in [3.63, 3.8) is 0 Å². The highest BCUT2D eigenvalue weighted by molar-refractivity contribution is 7.93. The maximum Gasteiger partial charge on any atom is 0.262 e. The average molecular weight is 447 g/mol. The first-order chi connectivity index (χ1) is 13.0. The molecule has 2 aromatic carbocycles. The Morgan fingerprint density at radius 3 is 2.32 bits per heavy atom. The van der Waals surface area contributed by atoms with E-state index in [0.717, 1.165) is 12.5 Å². The lowest BCUT2D eigenvalue weighted by Gasteiger charge is -2.29. The zero-order valence-electron chi connectivity index (χ0n) is 15.4. The molecule has 0 aromatic heterocycles. The average Bonchev–Trinajstić information content (AvgIpc) is 2.56. The zero-order valence-corrected chi connectivity index (χ0v) is 17.8. The van der Waals surface area contributed by atoms with Gasteiger partial charge in [0.2, 0.25) is 10.0 Å². The first-order valence-corrected chi connectivity index (χ1v) is 12.1. The second-order valence-electron chi connectivity index (χ2n) is 6.74. The van der Waals surface area contributed by atoms with Crippen LogP contribution in [0.15, 0.2) is 35.2 Å². The summed E-state index contributed by atoms with van der Waals surface area (Å²) in [5.74, 6) is -0.568. The minimum Gasteiger partial charge on any atom is -0.280 e. The summed E-state index contributed by atoms with van der Waals surface area (Å²) in [6, 6.07) is 6.65. The molecule has 0 amide bonds. The molecular weight excluding hydrogens is 427 g/mol. The van der Waals surface area contributed by atoms with Gasteiger partial charge in [-0.05, 0) is 68.1 Å². The first-order valence-electron chi connectivity index (χ1n) is 8.61. The number of sulfonamides is 2. The van der Waals surface area contributed by atoms with Gasteiger partial charge in [0.25, 0.3) is 10.0 Å². The van der Waals surface area contributed by atoms with E-state index < -0.39 is 25.9 Å². The Labute approximate surface area is 169 Å². The number of hydrogen-bond donors (Lipinski definition) is 1. The van der Waals surface area contributed by atoms with Gasteiger partial charge >= 0.3 is 0 Å². The fourth-order valence-electron chi connectivity index (χ4n) is 3.34. The summed E-state index contributed by atoms with van der Waals surface area (Å²) < 4.78 is 67.5. The lowest BCUT2D eigenvalue weighted by molar-refractivity contribution is 0.574. The van der Waals surface area contributed by atoms with E-state index in [9.17, 15) is 21.2 Å². The van der Waals surface area contributed by atoms with Gasteiger partial charge in [-0.2, -0.15) is 0 Å². The van der Waals surface area contributed by atoms with Crippen molar-refractivity contribution < 1.29 is 21.2 Å². The molecule has 1 fully saturated rings. The number of benzene rings is 2. The molecule has 152 valence electrons. The summed E-state index contributed by atoms with van der Waals surface area (Å²) in [4.78, 5) is 0.0473. The zero-order chi connectivity index (χ0) is 20.7. The van der Waals surface area contributed by atoms with Crippen LogP contribution < -0.4 is 9.03 Å². The third-order valence-electron chi connectivity index (χ3n) is 4.52. The first kappa shape index (κ1) is 20.9. The predicted octanol–water partition coefficient (Wildman–Crippen LogP) is 3.83. The Hall–Kier alpha value is -1.84. The third-order valence-corrected chi connectivity index (χ3v) is 8.37. The largest absolute Gasteiger partial charge is 0.280 e. The molecule has 28 heavy (non-hydrogen) atoms. The monoisotopic (exact) mass is 446 g/mol. The Morgan fingerprint density at radius 2 is 1.75 bits per heavy atom. The Balaban J connectivity index is 1.99. The van der Waals surface area contributed by atoms with Crippen molar-refractivity contribution in [3.05, 3.63) is 52.3 Å². The number of rotatable bonds is 4. The summed E-state index contributed by atoms with van der Waals surface area (Å²) in [5.41, 5.74) is 1.42. The smallest absolute Gasteiger partial charge is 0.262 e. The van der Waals surface area contributed by atoms with Crippen LogP contribution in [0.2, 0.25) is 5.02 Å². The molecule has 0 aliphatic carbocycles. The number of nitrogens with zero attached hydrogens (tertiary/aromatic N) is 1. The van der Waals surface area contributed by atoms with Crippen LogP contribution in [-0.2, 0) is 20.0 Å². The summed E-state index contributed by atoms with van der Waals surface area (Å²) in [6.07, 6.45) is 1.37. The van der Waals surface area contributed by atoms with Gasteiger partial charge in [0.05, 0.1) is 27.0 Å².